The normalized spacial score (nSPS) is 14.0. The van der Waals surface area contributed by atoms with E-state index in [2.05, 4.69) is 0 Å². The van der Waals surface area contributed by atoms with Crippen molar-refractivity contribution in [3.63, 3.8) is 0 Å². The Morgan fingerprint density at radius 2 is 2.00 bits per heavy atom. The zero-order chi connectivity index (χ0) is 10.6. The molecule has 0 saturated carbocycles. The highest BCUT2D eigenvalue weighted by molar-refractivity contribution is 5.81. The van der Waals surface area contributed by atoms with E-state index in [4.69, 9.17) is 5.73 Å². The molecule has 0 aromatic heterocycles. The van der Waals surface area contributed by atoms with E-state index >= 15 is 0 Å². The first-order chi connectivity index (χ1) is 5.80. The van der Waals surface area contributed by atoms with Crippen molar-refractivity contribution < 1.29 is 18.0 Å². The maximum Gasteiger partial charge on any atom is 0.471 e. The van der Waals surface area contributed by atoms with Gasteiger partial charge in [-0.1, -0.05) is 0 Å². The van der Waals surface area contributed by atoms with Gasteiger partial charge in [-0.15, -0.1) is 0 Å². The van der Waals surface area contributed by atoms with Crippen molar-refractivity contribution in [1.29, 1.82) is 0 Å². The second kappa shape index (κ2) is 4.45. The lowest BCUT2D eigenvalue weighted by atomic mass is 10.2. The van der Waals surface area contributed by atoms with Gasteiger partial charge in [-0.25, -0.2) is 0 Å². The first kappa shape index (κ1) is 12.2. The molecular formula is C7H13F3N2O. The number of nitrogens with zero attached hydrogens (tertiary/aromatic N) is 1. The minimum Gasteiger partial charge on any atom is -0.335 e. The van der Waals surface area contributed by atoms with E-state index in [1.54, 1.807) is 0 Å². The van der Waals surface area contributed by atoms with Crippen LogP contribution in [0.5, 0.6) is 0 Å². The predicted octanol–water partition coefficient (Wildman–Crippen LogP) is 0.744. The highest BCUT2D eigenvalue weighted by atomic mass is 19.4. The minimum atomic E-state index is -4.79. The Balaban J connectivity index is 4.26. The van der Waals surface area contributed by atoms with Crippen molar-refractivity contribution in [2.45, 2.75) is 25.6 Å². The van der Waals surface area contributed by atoms with E-state index < -0.39 is 18.1 Å². The molecule has 0 aliphatic rings. The van der Waals surface area contributed by atoms with Crippen molar-refractivity contribution in [3.8, 4) is 0 Å². The highest BCUT2D eigenvalue weighted by Crippen LogP contribution is 2.19. The number of amides is 1. The van der Waals surface area contributed by atoms with Gasteiger partial charge in [0.2, 0.25) is 0 Å². The first-order valence-electron chi connectivity index (χ1n) is 3.84. The van der Waals surface area contributed by atoms with Crippen LogP contribution in [0.3, 0.4) is 0 Å². The van der Waals surface area contributed by atoms with Gasteiger partial charge < -0.3 is 10.6 Å². The topological polar surface area (TPSA) is 46.3 Å². The van der Waals surface area contributed by atoms with Crippen molar-refractivity contribution >= 4 is 5.91 Å². The molecule has 0 aliphatic carbocycles. The Bertz CT molecular complexity index is 181. The van der Waals surface area contributed by atoms with E-state index in [1.807, 2.05) is 0 Å². The molecule has 1 atom stereocenters. The Kier molecular flexibility index (Phi) is 4.19. The molecule has 0 heterocycles. The van der Waals surface area contributed by atoms with Gasteiger partial charge in [0.25, 0.3) is 0 Å². The summed E-state index contributed by atoms with van der Waals surface area (Å²) in [6.07, 6.45) is -4.43. The molecule has 0 aromatic carbocycles. The van der Waals surface area contributed by atoms with Crippen LogP contribution in [0.2, 0.25) is 0 Å². The Morgan fingerprint density at radius 1 is 1.54 bits per heavy atom. The third kappa shape index (κ3) is 3.63. The molecule has 0 rings (SSSR count). The number of halogens is 3. The lowest BCUT2D eigenvalue weighted by Crippen LogP contribution is -2.44. The van der Waals surface area contributed by atoms with Gasteiger partial charge in [0.05, 0.1) is 0 Å². The summed E-state index contributed by atoms with van der Waals surface area (Å²) >= 11 is 0. The molecule has 0 saturated heterocycles. The molecule has 0 radical (unpaired) electrons. The average Bonchev–Trinajstić information content (AvgIpc) is 2.00. The number of hydrogen-bond acceptors (Lipinski definition) is 2. The van der Waals surface area contributed by atoms with Crippen LogP contribution < -0.4 is 5.73 Å². The van der Waals surface area contributed by atoms with Crippen LogP contribution in [-0.4, -0.2) is 36.6 Å². The van der Waals surface area contributed by atoms with E-state index in [9.17, 15) is 18.0 Å². The molecule has 0 bridgehead atoms. The summed E-state index contributed by atoms with van der Waals surface area (Å²) in [6.45, 7) is 1.78. The minimum absolute atomic E-state index is 0.261. The molecule has 0 fully saturated rings. The Hall–Kier alpha value is -0.780. The summed E-state index contributed by atoms with van der Waals surface area (Å²) in [6, 6.07) is -0.487. The van der Waals surface area contributed by atoms with E-state index in [-0.39, 0.29) is 6.54 Å². The molecule has 78 valence electrons. The fraction of sp³-hybridized carbons (Fsp3) is 0.857. The van der Waals surface area contributed by atoms with Gasteiger partial charge in [0.1, 0.15) is 0 Å². The van der Waals surface area contributed by atoms with E-state index in [1.165, 1.54) is 6.92 Å². The fourth-order valence-corrected chi connectivity index (χ4v) is 0.835. The zero-order valence-corrected chi connectivity index (χ0v) is 7.56. The molecule has 6 heteroatoms. The van der Waals surface area contributed by atoms with Crippen molar-refractivity contribution in [1.82, 2.24) is 4.90 Å². The molecule has 3 nitrogen and oxygen atoms in total. The molecule has 2 N–H and O–H groups in total. The summed E-state index contributed by atoms with van der Waals surface area (Å²) in [5.41, 5.74) is 5.16. The first-order valence-corrected chi connectivity index (χ1v) is 3.84. The quantitative estimate of drug-likeness (QED) is 0.727. The largest absolute Gasteiger partial charge is 0.471 e. The molecule has 1 unspecified atom stereocenters. The van der Waals surface area contributed by atoms with Crippen molar-refractivity contribution in [2.24, 2.45) is 5.73 Å². The van der Waals surface area contributed by atoms with Crippen LogP contribution in [0.25, 0.3) is 0 Å². The molecule has 0 spiro atoms. The summed E-state index contributed by atoms with van der Waals surface area (Å²) < 4.78 is 35.6. The lowest BCUT2D eigenvalue weighted by molar-refractivity contribution is -0.186. The predicted molar refractivity (Wildman–Crippen MR) is 42.0 cm³/mol. The standard InChI is InChI=1S/C7H13F3N2O/c1-5(3-4-11)12(2)6(13)7(8,9)10/h5H,3-4,11H2,1-2H3. The summed E-state index contributed by atoms with van der Waals surface area (Å²) in [5.74, 6) is -1.83. The Morgan fingerprint density at radius 3 is 2.31 bits per heavy atom. The van der Waals surface area contributed by atoms with Crippen molar-refractivity contribution in [2.75, 3.05) is 13.6 Å². The van der Waals surface area contributed by atoms with Crippen LogP contribution in [0.4, 0.5) is 13.2 Å². The number of rotatable bonds is 3. The summed E-state index contributed by atoms with van der Waals surface area (Å²) in [5, 5.41) is 0. The fourth-order valence-electron chi connectivity index (χ4n) is 0.835. The molecule has 0 aromatic rings. The number of hydrogen-bond donors (Lipinski definition) is 1. The van der Waals surface area contributed by atoms with Crippen molar-refractivity contribution in [3.05, 3.63) is 0 Å². The van der Waals surface area contributed by atoms with Gasteiger partial charge in [0.15, 0.2) is 0 Å². The third-order valence-electron chi connectivity index (χ3n) is 1.81. The molecule has 13 heavy (non-hydrogen) atoms. The molecular weight excluding hydrogens is 185 g/mol. The maximum absolute atomic E-state index is 11.9. The summed E-state index contributed by atoms with van der Waals surface area (Å²) in [4.78, 5) is 11.3. The maximum atomic E-state index is 11.9. The van der Waals surface area contributed by atoms with Crippen LogP contribution in [0.15, 0.2) is 0 Å². The average molecular weight is 198 g/mol. The Labute approximate surface area is 74.7 Å². The third-order valence-corrected chi connectivity index (χ3v) is 1.81. The van der Waals surface area contributed by atoms with Crippen LogP contribution in [-0.2, 0) is 4.79 Å². The number of nitrogens with two attached hydrogens (primary N) is 1. The smallest absolute Gasteiger partial charge is 0.335 e. The van der Waals surface area contributed by atoms with Gasteiger partial charge in [-0.2, -0.15) is 13.2 Å². The SMILES string of the molecule is CC(CCN)N(C)C(=O)C(F)(F)F. The number of carbonyl (C=O) groups is 1. The second-order valence-electron chi connectivity index (χ2n) is 2.84. The van der Waals surface area contributed by atoms with E-state index in [0.29, 0.717) is 11.3 Å². The van der Waals surface area contributed by atoms with E-state index in [0.717, 1.165) is 7.05 Å². The lowest BCUT2D eigenvalue weighted by Gasteiger charge is -2.25. The number of alkyl halides is 3. The van der Waals surface area contributed by atoms with Gasteiger partial charge >= 0.3 is 12.1 Å². The monoisotopic (exact) mass is 198 g/mol. The molecule has 1 amide bonds. The summed E-state index contributed by atoms with van der Waals surface area (Å²) in [7, 11) is 1.12. The molecule has 0 aliphatic heterocycles. The van der Waals surface area contributed by atoms with Gasteiger partial charge in [0, 0.05) is 13.1 Å². The van der Waals surface area contributed by atoms with Crippen LogP contribution >= 0.6 is 0 Å². The van der Waals surface area contributed by atoms with Gasteiger partial charge in [-0.05, 0) is 19.9 Å². The van der Waals surface area contributed by atoms with Crippen LogP contribution in [0.1, 0.15) is 13.3 Å². The highest BCUT2D eigenvalue weighted by Gasteiger charge is 2.42. The zero-order valence-electron chi connectivity index (χ0n) is 7.56. The number of carbonyl (C=O) groups excluding carboxylic acids is 1. The van der Waals surface area contributed by atoms with Crippen LogP contribution in [0, 0.1) is 0 Å². The van der Waals surface area contributed by atoms with Gasteiger partial charge in [-0.3, -0.25) is 4.79 Å². The second-order valence-corrected chi connectivity index (χ2v) is 2.84.